The Balaban J connectivity index is 1.64. The topological polar surface area (TPSA) is 139 Å². The molecule has 0 aliphatic carbocycles. The van der Waals surface area contributed by atoms with Gasteiger partial charge < -0.3 is 20.9 Å². The number of hydrogen-bond acceptors (Lipinski definition) is 7. The van der Waals surface area contributed by atoms with Crippen LogP contribution in [0.4, 0.5) is 0 Å². The van der Waals surface area contributed by atoms with Gasteiger partial charge in [-0.2, -0.15) is 0 Å². The van der Waals surface area contributed by atoms with E-state index in [1.807, 2.05) is 24.3 Å². The van der Waals surface area contributed by atoms with Gasteiger partial charge in [-0.15, -0.1) is 23.4 Å². The van der Waals surface area contributed by atoms with Crippen LogP contribution in [-0.2, 0) is 36.2 Å². The molecular weight excluding hydrogens is 446 g/mol. The van der Waals surface area contributed by atoms with Crippen molar-refractivity contribution in [3.05, 3.63) is 46.7 Å². The summed E-state index contributed by atoms with van der Waals surface area (Å²) < 4.78 is 4.89. The molecule has 1 fully saturated rings. The number of nitrogens with two attached hydrogens (primary N) is 1. The number of carboxylic acids is 1. The van der Waals surface area contributed by atoms with E-state index in [9.17, 15) is 24.3 Å². The van der Waals surface area contributed by atoms with E-state index in [0.717, 1.165) is 16.0 Å². The Labute approximate surface area is 187 Å². The Morgan fingerprint density at radius 1 is 1.32 bits per heavy atom. The standard InChI is InChI=1S/C20H22ClN3O6S/c1-10(25)30-8-13-9-31-19-15(18(27)24(19)16(13)20(28)29)23-17(26)14(22)6-11-2-4-12(7-21)5-3-11/h2-5,14-15,19H,6-9,22H2,1H3,(H,23,26)(H,28,29). The SMILES string of the molecule is CC(=O)OCC1=C(C(=O)O)N2C(=O)C(NC(=O)C(N)Cc3ccc(CCl)cc3)C2SC1. The van der Waals surface area contributed by atoms with Crippen molar-refractivity contribution >= 4 is 47.1 Å². The number of β-lactam (4-membered cyclic amide) rings is 1. The molecule has 0 bridgehead atoms. The maximum atomic E-state index is 12.6. The molecule has 2 aliphatic heterocycles. The van der Waals surface area contributed by atoms with Gasteiger partial charge in [0.15, 0.2) is 0 Å². The molecule has 0 aromatic heterocycles. The Bertz CT molecular complexity index is 935. The average Bonchev–Trinajstić information content (AvgIpc) is 2.75. The van der Waals surface area contributed by atoms with Gasteiger partial charge in [-0.3, -0.25) is 19.3 Å². The van der Waals surface area contributed by atoms with Gasteiger partial charge in [-0.25, -0.2) is 4.79 Å². The van der Waals surface area contributed by atoms with Gasteiger partial charge in [0, 0.05) is 24.1 Å². The highest BCUT2D eigenvalue weighted by molar-refractivity contribution is 8.00. The van der Waals surface area contributed by atoms with Gasteiger partial charge in [0.2, 0.25) is 5.91 Å². The second-order valence-corrected chi connectivity index (χ2v) is 8.57. The van der Waals surface area contributed by atoms with Crippen molar-refractivity contribution in [2.75, 3.05) is 12.4 Å². The van der Waals surface area contributed by atoms with Crippen molar-refractivity contribution in [3.8, 4) is 0 Å². The number of thioether (sulfide) groups is 1. The molecule has 9 nitrogen and oxygen atoms in total. The van der Waals surface area contributed by atoms with Crippen LogP contribution < -0.4 is 11.1 Å². The smallest absolute Gasteiger partial charge is 0.352 e. The number of amides is 2. The third-order valence-electron chi connectivity index (χ3n) is 4.97. The van der Waals surface area contributed by atoms with Gasteiger partial charge in [0.25, 0.3) is 5.91 Å². The van der Waals surface area contributed by atoms with E-state index in [2.05, 4.69) is 5.32 Å². The van der Waals surface area contributed by atoms with Crippen LogP contribution in [-0.4, -0.2) is 63.6 Å². The first-order valence-electron chi connectivity index (χ1n) is 9.46. The minimum Gasteiger partial charge on any atom is -0.477 e. The first-order valence-corrected chi connectivity index (χ1v) is 11.0. The minimum absolute atomic E-state index is 0.203. The lowest BCUT2D eigenvalue weighted by molar-refractivity contribution is -0.151. The van der Waals surface area contributed by atoms with Gasteiger partial charge in [-0.1, -0.05) is 24.3 Å². The van der Waals surface area contributed by atoms with Crippen molar-refractivity contribution in [1.29, 1.82) is 0 Å². The van der Waals surface area contributed by atoms with E-state index in [-0.39, 0.29) is 24.5 Å². The van der Waals surface area contributed by atoms with E-state index in [1.54, 1.807) is 0 Å². The number of carbonyl (C=O) groups excluding carboxylic acids is 3. The average molecular weight is 468 g/mol. The summed E-state index contributed by atoms with van der Waals surface area (Å²) in [6.45, 7) is 1.01. The molecule has 0 saturated carbocycles. The number of hydrogen-bond donors (Lipinski definition) is 3. The molecule has 2 heterocycles. The summed E-state index contributed by atoms with van der Waals surface area (Å²) in [6.07, 6.45) is 0.281. The number of ether oxygens (including phenoxy) is 1. The fraction of sp³-hybridized carbons (Fsp3) is 0.400. The van der Waals surface area contributed by atoms with Crippen LogP contribution in [0.5, 0.6) is 0 Å². The van der Waals surface area contributed by atoms with Crippen molar-refractivity contribution in [1.82, 2.24) is 10.2 Å². The second-order valence-electron chi connectivity index (χ2n) is 7.19. The van der Waals surface area contributed by atoms with E-state index in [0.29, 0.717) is 11.5 Å². The predicted octanol–water partition coefficient (Wildman–Crippen LogP) is 0.597. The monoisotopic (exact) mass is 467 g/mol. The third kappa shape index (κ3) is 5.03. The summed E-state index contributed by atoms with van der Waals surface area (Å²) in [6, 6.07) is 5.65. The van der Waals surface area contributed by atoms with Gasteiger partial charge in [0.1, 0.15) is 23.7 Å². The number of carbonyl (C=O) groups is 4. The van der Waals surface area contributed by atoms with E-state index < -0.39 is 41.2 Å². The van der Waals surface area contributed by atoms with E-state index >= 15 is 0 Å². The molecule has 4 N–H and O–H groups in total. The maximum Gasteiger partial charge on any atom is 0.352 e. The zero-order chi connectivity index (χ0) is 22.7. The lowest BCUT2D eigenvalue weighted by atomic mass is 10.0. The second kappa shape index (κ2) is 9.71. The van der Waals surface area contributed by atoms with Crippen LogP contribution >= 0.6 is 23.4 Å². The summed E-state index contributed by atoms with van der Waals surface area (Å²) >= 11 is 7.06. The first-order chi connectivity index (χ1) is 14.7. The third-order valence-corrected chi connectivity index (χ3v) is 6.62. The van der Waals surface area contributed by atoms with Crippen LogP contribution in [0.25, 0.3) is 0 Å². The lowest BCUT2D eigenvalue weighted by Crippen LogP contribution is -2.71. The molecule has 2 aliphatic rings. The highest BCUT2D eigenvalue weighted by atomic mass is 35.5. The fourth-order valence-corrected chi connectivity index (χ4v) is 4.86. The summed E-state index contributed by atoms with van der Waals surface area (Å²) in [5, 5.41) is 11.6. The molecule has 31 heavy (non-hydrogen) atoms. The molecule has 0 radical (unpaired) electrons. The van der Waals surface area contributed by atoms with Gasteiger partial charge in [-0.05, 0) is 17.5 Å². The van der Waals surface area contributed by atoms with Crippen molar-refractivity contribution < 1.29 is 29.0 Å². The largest absolute Gasteiger partial charge is 0.477 e. The van der Waals surface area contributed by atoms with E-state index in [1.165, 1.54) is 18.7 Å². The molecule has 3 unspecified atom stereocenters. The number of aliphatic carboxylic acids is 1. The van der Waals surface area contributed by atoms with Crippen LogP contribution in [0, 0.1) is 0 Å². The van der Waals surface area contributed by atoms with Crippen LogP contribution in [0.15, 0.2) is 35.5 Å². The summed E-state index contributed by atoms with van der Waals surface area (Å²) in [5.41, 5.74) is 7.94. The van der Waals surface area contributed by atoms with E-state index in [4.69, 9.17) is 22.1 Å². The van der Waals surface area contributed by atoms with Crippen LogP contribution in [0.2, 0.25) is 0 Å². The molecule has 11 heteroatoms. The van der Waals surface area contributed by atoms with Crippen molar-refractivity contribution in [3.63, 3.8) is 0 Å². The number of halogens is 1. The van der Waals surface area contributed by atoms with Crippen LogP contribution in [0.1, 0.15) is 18.1 Å². The molecule has 2 amide bonds. The Morgan fingerprint density at radius 2 is 1.97 bits per heavy atom. The molecule has 3 atom stereocenters. The number of nitrogens with one attached hydrogen (secondary N) is 1. The molecule has 3 rings (SSSR count). The number of fused-ring (bicyclic) bond motifs is 1. The lowest BCUT2D eigenvalue weighted by Gasteiger charge is -2.49. The molecule has 1 saturated heterocycles. The minimum atomic E-state index is -1.29. The van der Waals surface area contributed by atoms with Gasteiger partial charge >= 0.3 is 11.9 Å². The summed E-state index contributed by atoms with van der Waals surface area (Å²) in [4.78, 5) is 49.0. The zero-order valence-electron chi connectivity index (χ0n) is 16.7. The van der Waals surface area contributed by atoms with Gasteiger partial charge in [0.05, 0.1) is 6.04 Å². The number of rotatable bonds is 8. The number of nitrogens with zero attached hydrogens (tertiary/aromatic N) is 1. The summed E-state index contributed by atoms with van der Waals surface area (Å²) in [7, 11) is 0. The quantitative estimate of drug-likeness (QED) is 0.287. The Hall–Kier alpha value is -2.56. The number of alkyl halides is 1. The molecule has 166 valence electrons. The normalized spacial score (nSPS) is 21.1. The van der Waals surface area contributed by atoms with Crippen LogP contribution in [0.3, 0.4) is 0 Å². The van der Waals surface area contributed by atoms with Crippen molar-refractivity contribution in [2.24, 2.45) is 5.73 Å². The Morgan fingerprint density at radius 3 is 2.55 bits per heavy atom. The first kappa shape index (κ1) is 23.1. The summed E-state index contributed by atoms with van der Waals surface area (Å²) in [5.74, 6) is -2.22. The highest BCUT2D eigenvalue weighted by Gasteiger charge is 2.54. The molecule has 0 spiro atoms. The predicted molar refractivity (Wildman–Crippen MR) is 114 cm³/mol. The number of benzene rings is 1. The number of esters is 1. The molecule has 1 aromatic carbocycles. The highest BCUT2D eigenvalue weighted by Crippen LogP contribution is 2.40. The maximum absolute atomic E-state index is 12.6. The number of carboxylic acid groups (broad SMARTS) is 1. The Kier molecular flexibility index (Phi) is 7.24. The zero-order valence-corrected chi connectivity index (χ0v) is 18.2. The molecule has 1 aromatic rings. The van der Waals surface area contributed by atoms with Crippen molar-refractivity contribution in [2.45, 2.75) is 36.7 Å². The molecular formula is C20H22ClN3O6S. The fourth-order valence-electron chi connectivity index (χ4n) is 3.35.